The molecule has 1 aromatic heterocycles. The zero-order valence-corrected chi connectivity index (χ0v) is 12.2. The Morgan fingerprint density at radius 3 is 2.90 bits per heavy atom. The van der Waals surface area contributed by atoms with Crippen LogP contribution in [0.3, 0.4) is 0 Å². The van der Waals surface area contributed by atoms with Crippen molar-refractivity contribution < 1.29 is 5.11 Å². The first-order valence-corrected chi connectivity index (χ1v) is 7.10. The van der Waals surface area contributed by atoms with E-state index in [1.165, 1.54) is 11.1 Å². The van der Waals surface area contributed by atoms with Gasteiger partial charge < -0.3 is 15.0 Å². The van der Waals surface area contributed by atoms with Crippen LogP contribution in [0.2, 0.25) is 0 Å². The van der Waals surface area contributed by atoms with Gasteiger partial charge in [-0.2, -0.15) is 0 Å². The molecule has 2 unspecified atom stereocenters. The number of phenolic OH excluding ortho intramolecular Hbond substituents is 1. The quantitative estimate of drug-likeness (QED) is 0.902. The molecule has 1 aliphatic rings. The number of aryl methyl sites for hydroxylation is 2. The minimum atomic E-state index is 0.205. The third-order valence-corrected chi connectivity index (χ3v) is 4.34. The third kappa shape index (κ3) is 2.10. The lowest BCUT2D eigenvalue weighted by molar-refractivity contribution is 0.441. The zero-order valence-electron chi connectivity index (χ0n) is 12.2. The smallest absolute Gasteiger partial charge is 0.122 e. The molecule has 4 nitrogen and oxygen atoms in total. The first-order chi connectivity index (χ1) is 9.58. The molecule has 0 amide bonds. The van der Waals surface area contributed by atoms with Crippen LogP contribution in [0.4, 0.5) is 0 Å². The Morgan fingerprint density at radius 2 is 2.20 bits per heavy atom. The van der Waals surface area contributed by atoms with Crippen LogP contribution in [-0.4, -0.2) is 14.7 Å². The summed E-state index contributed by atoms with van der Waals surface area (Å²) in [6.45, 7) is 5.07. The molecule has 0 saturated heterocycles. The minimum absolute atomic E-state index is 0.205. The number of hydrogen-bond donors (Lipinski definition) is 2. The summed E-state index contributed by atoms with van der Waals surface area (Å²) < 4.78 is 2.02. The maximum atomic E-state index is 10.2. The Kier molecular flexibility index (Phi) is 3.26. The lowest BCUT2D eigenvalue weighted by Crippen LogP contribution is -2.21. The van der Waals surface area contributed by atoms with Gasteiger partial charge in [0.05, 0.1) is 6.54 Å². The maximum absolute atomic E-state index is 10.2. The molecule has 1 aliphatic carbocycles. The van der Waals surface area contributed by atoms with Crippen LogP contribution in [0.5, 0.6) is 5.75 Å². The predicted octanol–water partition coefficient (Wildman–Crippen LogP) is 2.77. The van der Waals surface area contributed by atoms with Gasteiger partial charge in [-0.3, -0.25) is 0 Å². The molecule has 106 valence electrons. The van der Waals surface area contributed by atoms with Gasteiger partial charge in [0.1, 0.15) is 11.6 Å². The van der Waals surface area contributed by atoms with Crippen molar-refractivity contribution in [2.45, 2.75) is 38.8 Å². The van der Waals surface area contributed by atoms with E-state index < -0.39 is 0 Å². The van der Waals surface area contributed by atoms with Gasteiger partial charge in [0.15, 0.2) is 0 Å². The Bertz CT molecular complexity index is 633. The molecule has 2 aromatic rings. The normalized spacial score (nSPS) is 21.1. The number of imidazole rings is 1. The number of phenols is 1. The van der Waals surface area contributed by atoms with Crippen molar-refractivity contribution in [3.63, 3.8) is 0 Å². The minimum Gasteiger partial charge on any atom is -0.508 e. The molecule has 20 heavy (non-hydrogen) atoms. The molecule has 0 saturated carbocycles. The topological polar surface area (TPSA) is 50.1 Å². The summed E-state index contributed by atoms with van der Waals surface area (Å²) in [5, 5.41) is 13.7. The highest BCUT2D eigenvalue weighted by atomic mass is 16.3. The summed E-state index contributed by atoms with van der Waals surface area (Å²) in [6, 6.07) is 4.02. The van der Waals surface area contributed by atoms with Crippen LogP contribution in [0.15, 0.2) is 24.5 Å². The van der Waals surface area contributed by atoms with Crippen LogP contribution in [0, 0.1) is 6.92 Å². The Morgan fingerprint density at radius 1 is 1.40 bits per heavy atom. The van der Waals surface area contributed by atoms with Gasteiger partial charge in [0.2, 0.25) is 0 Å². The van der Waals surface area contributed by atoms with Gasteiger partial charge in [0.25, 0.3) is 0 Å². The molecule has 2 N–H and O–H groups in total. The van der Waals surface area contributed by atoms with Gasteiger partial charge in [-0.05, 0) is 36.5 Å². The fourth-order valence-electron chi connectivity index (χ4n) is 3.31. The second-order valence-electron chi connectivity index (χ2n) is 5.75. The van der Waals surface area contributed by atoms with E-state index in [4.69, 9.17) is 0 Å². The monoisotopic (exact) mass is 271 g/mol. The fourth-order valence-corrected chi connectivity index (χ4v) is 3.31. The van der Waals surface area contributed by atoms with Crippen LogP contribution in [0.25, 0.3) is 0 Å². The van der Waals surface area contributed by atoms with Crippen LogP contribution >= 0.6 is 0 Å². The molecule has 1 heterocycles. The number of hydrogen-bond acceptors (Lipinski definition) is 3. The standard InChI is InChI=1S/C16H21N3O/c1-10-4-5-13(20)16-12(8-11(2)15(10)16)18-9-14-17-6-7-19(14)3/h4-7,11-12,18,20H,8-9H2,1-3H3. The molecule has 0 fully saturated rings. The van der Waals surface area contributed by atoms with E-state index in [0.717, 1.165) is 17.8 Å². The Labute approximate surface area is 119 Å². The van der Waals surface area contributed by atoms with Gasteiger partial charge >= 0.3 is 0 Å². The van der Waals surface area contributed by atoms with Crippen molar-refractivity contribution in [2.24, 2.45) is 7.05 Å². The summed E-state index contributed by atoms with van der Waals surface area (Å²) in [4.78, 5) is 4.33. The molecule has 2 atom stereocenters. The first-order valence-electron chi connectivity index (χ1n) is 7.10. The van der Waals surface area contributed by atoms with E-state index in [9.17, 15) is 5.11 Å². The maximum Gasteiger partial charge on any atom is 0.122 e. The van der Waals surface area contributed by atoms with E-state index in [2.05, 4.69) is 24.1 Å². The molecule has 0 aliphatic heterocycles. The molecule has 3 rings (SSSR count). The van der Waals surface area contributed by atoms with Crippen LogP contribution in [-0.2, 0) is 13.6 Å². The lowest BCUT2D eigenvalue weighted by atomic mass is 9.97. The molecule has 0 bridgehead atoms. The summed E-state index contributed by atoms with van der Waals surface area (Å²) >= 11 is 0. The average molecular weight is 271 g/mol. The average Bonchev–Trinajstić information content (AvgIpc) is 2.96. The number of benzene rings is 1. The number of rotatable bonds is 3. The van der Waals surface area contributed by atoms with Gasteiger partial charge in [-0.1, -0.05) is 13.0 Å². The van der Waals surface area contributed by atoms with E-state index >= 15 is 0 Å². The number of nitrogens with one attached hydrogen (secondary N) is 1. The van der Waals surface area contributed by atoms with Crippen molar-refractivity contribution in [3.8, 4) is 5.75 Å². The van der Waals surface area contributed by atoms with Crippen molar-refractivity contribution in [3.05, 3.63) is 47.0 Å². The molecular formula is C16H21N3O. The summed E-state index contributed by atoms with van der Waals surface area (Å²) in [7, 11) is 2.00. The van der Waals surface area contributed by atoms with Crippen LogP contribution in [0.1, 0.15) is 47.8 Å². The SMILES string of the molecule is Cc1ccc(O)c2c1C(C)CC2NCc1nccn1C. The number of aromatic nitrogens is 2. The predicted molar refractivity (Wildman–Crippen MR) is 78.7 cm³/mol. The molecule has 0 spiro atoms. The van der Waals surface area contributed by atoms with Gasteiger partial charge in [-0.15, -0.1) is 0 Å². The van der Waals surface area contributed by atoms with E-state index in [1.807, 2.05) is 36.1 Å². The number of aromatic hydroxyl groups is 1. The number of fused-ring (bicyclic) bond motifs is 1. The molecule has 0 radical (unpaired) electrons. The van der Waals surface area contributed by atoms with Gasteiger partial charge in [-0.25, -0.2) is 4.98 Å². The highest BCUT2D eigenvalue weighted by molar-refractivity contribution is 5.50. The van der Waals surface area contributed by atoms with Gasteiger partial charge in [0, 0.05) is 31.0 Å². The molecular weight excluding hydrogens is 250 g/mol. The molecule has 1 aromatic carbocycles. The van der Waals surface area contributed by atoms with Crippen molar-refractivity contribution in [2.75, 3.05) is 0 Å². The largest absolute Gasteiger partial charge is 0.508 e. The summed E-state index contributed by atoms with van der Waals surface area (Å²) in [6.07, 6.45) is 4.78. The summed E-state index contributed by atoms with van der Waals surface area (Å²) in [5.74, 6) is 1.90. The van der Waals surface area contributed by atoms with Crippen LogP contribution < -0.4 is 5.32 Å². The number of nitrogens with zero attached hydrogens (tertiary/aromatic N) is 2. The first kappa shape index (κ1) is 13.2. The lowest BCUT2D eigenvalue weighted by Gasteiger charge is -2.15. The van der Waals surface area contributed by atoms with E-state index in [-0.39, 0.29) is 6.04 Å². The van der Waals surface area contributed by atoms with Crippen molar-refractivity contribution in [1.29, 1.82) is 0 Å². The summed E-state index contributed by atoms with van der Waals surface area (Å²) in [5.41, 5.74) is 3.65. The Balaban J connectivity index is 1.84. The van der Waals surface area contributed by atoms with E-state index in [0.29, 0.717) is 18.2 Å². The van der Waals surface area contributed by atoms with Crippen molar-refractivity contribution in [1.82, 2.24) is 14.9 Å². The highest BCUT2D eigenvalue weighted by Gasteiger charge is 2.31. The van der Waals surface area contributed by atoms with E-state index in [1.54, 1.807) is 0 Å². The third-order valence-electron chi connectivity index (χ3n) is 4.34. The second-order valence-corrected chi connectivity index (χ2v) is 5.75. The van der Waals surface area contributed by atoms with Crippen molar-refractivity contribution >= 4 is 0 Å². The molecule has 4 heteroatoms. The fraction of sp³-hybridized carbons (Fsp3) is 0.438. The zero-order chi connectivity index (χ0) is 14.3. The second kappa shape index (κ2) is 4.94. The highest BCUT2D eigenvalue weighted by Crippen LogP contribution is 2.45. The Hall–Kier alpha value is -1.81.